The van der Waals surface area contributed by atoms with E-state index in [1.54, 1.807) is 31.4 Å². The Balaban J connectivity index is 1.67. The fourth-order valence-corrected chi connectivity index (χ4v) is 3.91. The van der Waals surface area contributed by atoms with Gasteiger partial charge in [0, 0.05) is 29.8 Å². The van der Waals surface area contributed by atoms with Crippen molar-refractivity contribution in [3.63, 3.8) is 0 Å². The van der Waals surface area contributed by atoms with E-state index in [1.165, 1.54) is 7.11 Å². The predicted octanol–water partition coefficient (Wildman–Crippen LogP) is 4.71. The standard InChI is InChI=1S/C25H25BrN2O4/c1-15-19(13-22(31-2)24(32-3)23(15)26)25(30)28-14-16-8-10-17(11-9-16)21(29)12-18-6-4-5-7-20(18)27/h4-11,13H,12,14,27H2,1-3H3,(H,28,30). The zero-order chi connectivity index (χ0) is 23.3. The van der Waals surface area contributed by atoms with Crippen LogP contribution in [0.1, 0.15) is 37.4 Å². The maximum absolute atomic E-state index is 12.8. The highest BCUT2D eigenvalue weighted by atomic mass is 79.9. The molecule has 0 aliphatic carbocycles. The smallest absolute Gasteiger partial charge is 0.251 e. The normalized spacial score (nSPS) is 10.5. The summed E-state index contributed by atoms with van der Waals surface area (Å²) < 4.78 is 11.4. The first-order valence-corrected chi connectivity index (χ1v) is 10.8. The summed E-state index contributed by atoms with van der Waals surface area (Å²) in [6.45, 7) is 2.16. The molecule has 7 heteroatoms. The monoisotopic (exact) mass is 496 g/mol. The first kappa shape index (κ1) is 23.3. The molecule has 32 heavy (non-hydrogen) atoms. The second-order valence-corrected chi connectivity index (χ2v) is 8.07. The summed E-state index contributed by atoms with van der Waals surface area (Å²) in [4.78, 5) is 25.3. The van der Waals surface area contributed by atoms with Crippen LogP contribution in [0.3, 0.4) is 0 Å². The maximum Gasteiger partial charge on any atom is 0.251 e. The number of nitrogen functional groups attached to an aromatic ring is 1. The summed E-state index contributed by atoms with van der Waals surface area (Å²) in [5, 5.41) is 2.91. The van der Waals surface area contributed by atoms with Crippen molar-refractivity contribution < 1.29 is 19.1 Å². The number of ketones is 1. The summed E-state index contributed by atoms with van der Waals surface area (Å²) in [6, 6.07) is 16.2. The molecule has 0 unspecified atom stereocenters. The van der Waals surface area contributed by atoms with Gasteiger partial charge in [-0.2, -0.15) is 0 Å². The molecule has 0 aliphatic rings. The Morgan fingerprint density at radius 2 is 1.72 bits per heavy atom. The summed E-state index contributed by atoms with van der Waals surface area (Å²) in [7, 11) is 3.07. The fourth-order valence-electron chi connectivity index (χ4n) is 3.34. The number of carbonyl (C=O) groups is 2. The van der Waals surface area contributed by atoms with E-state index in [0.29, 0.717) is 39.3 Å². The maximum atomic E-state index is 12.8. The number of halogens is 1. The SMILES string of the molecule is COc1cc(C(=O)NCc2ccc(C(=O)Cc3ccccc3N)cc2)c(C)c(Br)c1OC. The van der Waals surface area contributed by atoms with Gasteiger partial charge in [0.15, 0.2) is 17.3 Å². The molecule has 0 radical (unpaired) electrons. The summed E-state index contributed by atoms with van der Waals surface area (Å²) >= 11 is 3.47. The third kappa shape index (κ3) is 5.11. The van der Waals surface area contributed by atoms with E-state index in [2.05, 4.69) is 21.2 Å². The van der Waals surface area contributed by atoms with Crippen LogP contribution in [0.5, 0.6) is 11.5 Å². The number of rotatable bonds is 8. The van der Waals surface area contributed by atoms with Gasteiger partial charge in [-0.1, -0.05) is 42.5 Å². The number of para-hydroxylation sites is 1. The molecule has 1 amide bonds. The molecule has 166 valence electrons. The second kappa shape index (κ2) is 10.3. The van der Waals surface area contributed by atoms with Gasteiger partial charge in [0.2, 0.25) is 0 Å². The number of amides is 1. The molecule has 3 aromatic carbocycles. The minimum atomic E-state index is -0.233. The van der Waals surface area contributed by atoms with Gasteiger partial charge in [-0.15, -0.1) is 0 Å². The number of nitrogens with two attached hydrogens (primary N) is 1. The zero-order valence-electron chi connectivity index (χ0n) is 18.2. The van der Waals surface area contributed by atoms with Crippen LogP contribution in [0, 0.1) is 6.92 Å². The molecule has 0 saturated carbocycles. The lowest BCUT2D eigenvalue weighted by molar-refractivity contribution is 0.0948. The van der Waals surface area contributed by atoms with Crippen LogP contribution < -0.4 is 20.5 Å². The van der Waals surface area contributed by atoms with E-state index >= 15 is 0 Å². The Kier molecular flexibility index (Phi) is 7.53. The minimum absolute atomic E-state index is 0.00992. The van der Waals surface area contributed by atoms with Crippen molar-refractivity contribution in [3.8, 4) is 11.5 Å². The molecule has 3 rings (SSSR count). The van der Waals surface area contributed by atoms with Crippen LogP contribution in [0.25, 0.3) is 0 Å². The Morgan fingerprint density at radius 1 is 1.03 bits per heavy atom. The highest BCUT2D eigenvalue weighted by molar-refractivity contribution is 9.10. The Morgan fingerprint density at radius 3 is 2.34 bits per heavy atom. The third-order valence-electron chi connectivity index (χ3n) is 5.24. The number of methoxy groups -OCH3 is 2. The van der Waals surface area contributed by atoms with Crippen molar-refractivity contribution >= 4 is 33.3 Å². The second-order valence-electron chi connectivity index (χ2n) is 7.28. The van der Waals surface area contributed by atoms with Gasteiger partial charge in [0.1, 0.15) is 0 Å². The van der Waals surface area contributed by atoms with Crippen LogP contribution in [0.15, 0.2) is 59.1 Å². The van der Waals surface area contributed by atoms with Gasteiger partial charge in [-0.25, -0.2) is 0 Å². The molecule has 3 N–H and O–H groups in total. The minimum Gasteiger partial charge on any atom is -0.493 e. The highest BCUT2D eigenvalue weighted by Crippen LogP contribution is 2.39. The highest BCUT2D eigenvalue weighted by Gasteiger charge is 2.19. The van der Waals surface area contributed by atoms with Crippen LogP contribution in [-0.2, 0) is 13.0 Å². The largest absolute Gasteiger partial charge is 0.493 e. The molecule has 0 bridgehead atoms. The van der Waals surface area contributed by atoms with E-state index in [-0.39, 0.29) is 18.1 Å². The van der Waals surface area contributed by atoms with Gasteiger partial charge in [-0.05, 0) is 51.7 Å². The van der Waals surface area contributed by atoms with Gasteiger partial charge in [0.25, 0.3) is 5.91 Å². The van der Waals surface area contributed by atoms with E-state index in [0.717, 1.165) is 16.7 Å². The van der Waals surface area contributed by atoms with Crippen LogP contribution >= 0.6 is 15.9 Å². The Bertz CT molecular complexity index is 1140. The molecule has 0 atom stereocenters. The van der Waals surface area contributed by atoms with Crippen LogP contribution in [0.2, 0.25) is 0 Å². The van der Waals surface area contributed by atoms with Crippen molar-refractivity contribution in [3.05, 3.63) is 86.9 Å². The molecule has 0 aliphatic heterocycles. The molecule has 0 heterocycles. The number of anilines is 1. The first-order valence-electron chi connectivity index (χ1n) is 10.0. The topological polar surface area (TPSA) is 90.7 Å². The van der Waals surface area contributed by atoms with Crippen molar-refractivity contribution in [2.45, 2.75) is 19.9 Å². The lowest BCUT2D eigenvalue weighted by atomic mass is 10.0. The summed E-state index contributed by atoms with van der Waals surface area (Å²) in [5.74, 6) is 0.768. The Hall–Kier alpha value is -3.32. The predicted molar refractivity (Wildman–Crippen MR) is 128 cm³/mol. The van der Waals surface area contributed by atoms with Gasteiger partial charge >= 0.3 is 0 Å². The van der Waals surface area contributed by atoms with Crippen molar-refractivity contribution in [1.82, 2.24) is 5.32 Å². The van der Waals surface area contributed by atoms with Crippen LogP contribution in [-0.4, -0.2) is 25.9 Å². The summed E-state index contributed by atoms with van der Waals surface area (Å²) in [5.41, 5.74) is 10.1. The van der Waals surface area contributed by atoms with Gasteiger partial charge in [0.05, 0.1) is 18.7 Å². The molecule has 0 fully saturated rings. The molecular weight excluding hydrogens is 472 g/mol. The number of hydrogen-bond donors (Lipinski definition) is 2. The van der Waals surface area contributed by atoms with E-state index < -0.39 is 0 Å². The molecule has 0 saturated heterocycles. The van der Waals surface area contributed by atoms with Gasteiger partial charge < -0.3 is 20.5 Å². The fraction of sp³-hybridized carbons (Fsp3) is 0.200. The summed E-state index contributed by atoms with van der Waals surface area (Å²) in [6.07, 6.45) is 0.246. The zero-order valence-corrected chi connectivity index (χ0v) is 19.8. The third-order valence-corrected chi connectivity index (χ3v) is 6.19. The lowest BCUT2D eigenvalue weighted by Crippen LogP contribution is -2.24. The van der Waals surface area contributed by atoms with Crippen LogP contribution in [0.4, 0.5) is 5.69 Å². The van der Waals surface area contributed by atoms with Crippen molar-refractivity contribution in [1.29, 1.82) is 0 Å². The number of carbonyl (C=O) groups excluding carboxylic acids is 2. The lowest BCUT2D eigenvalue weighted by Gasteiger charge is -2.15. The van der Waals surface area contributed by atoms with Crippen molar-refractivity contribution in [2.24, 2.45) is 0 Å². The molecule has 0 aromatic heterocycles. The average molecular weight is 497 g/mol. The van der Waals surface area contributed by atoms with Gasteiger partial charge in [-0.3, -0.25) is 9.59 Å². The number of benzene rings is 3. The van der Waals surface area contributed by atoms with Crippen molar-refractivity contribution in [2.75, 3.05) is 20.0 Å². The number of nitrogens with one attached hydrogen (secondary N) is 1. The number of ether oxygens (including phenoxy) is 2. The molecular formula is C25H25BrN2O4. The molecule has 0 spiro atoms. The quantitative estimate of drug-likeness (QED) is 0.348. The Labute approximate surface area is 195 Å². The van der Waals surface area contributed by atoms with E-state index in [9.17, 15) is 9.59 Å². The average Bonchev–Trinajstić information content (AvgIpc) is 2.80. The number of hydrogen-bond acceptors (Lipinski definition) is 5. The first-order chi connectivity index (χ1) is 15.3. The van der Waals surface area contributed by atoms with E-state index in [1.807, 2.05) is 37.3 Å². The number of Topliss-reactive ketones (excluding diaryl/α,β-unsaturated/α-hetero) is 1. The molecule has 6 nitrogen and oxygen atoms in total. The molecule has 3 aromatic rings. The van der Waals surface area contributed by atoms with E-state index in [4.69, 9.17) is 15.2 Å².